The summed E-state index contributed by atoms with van der Waals surface area (Å²) in [5.41, 5.74) is 1.80. The monoisotopic (exact) mass is 331 g/mol. The molecule has 0 bridgehead atoms. The number of carbonyl (C=O) groups excluding carboxylic acids is 1. The van der Waals surface area contributed by atoms with Gasteiger partial charge in [0, 0.05) is 0 Å². The molecule has 0 aliphatic carbocycles. The summed E-state index contributed by atoms with van der Waals surface area (Å²) in [6.45, 7) is 1.79. The number of hydrogen-bond donors (Lipinski definition) is 1. The SMILES string of the molecule is Cc1ccc(S(N)(=O)=O)cc1C(=O)OC/C=C/c1ccccc1. The Labute approximate surface area is 135 Å². The molecule has 2 aromatic carbocycles. The van der Waals surface area contributed by atoms with Crippen LogP contribution in [0.4, 0.5) is 0 Å². The van der Waals surface area contributed by atoms with E-state index < -0.39 is 16.0 Å². The van der Waals surface area contributed by atoms with Crippen molar-refractivity contribution in [1.82, 2.24) is 0 Å². The minimum atomic E-state index is -3.86. The maximum absolute atomic E-state index is 12.1. The summed E-state index contributed by atoms with van der Waals surface area (Å²) in [6, 6.07) is 13.7. The Morgan fingerprint density at radius 1 is 1.17 bits per heavy atom. The zero-order chi connectivity index (χ0) is 16.9. The first kappa shape index (κ1) is 16.9. The summed E-state index contributed by atoms with van der Waals surface area (Å²) in [4.78, 5) is 11.9. The molecule has 23 heavy (non-hydrogen) atoms. The summed E-state index contributed by atoms with van der Waals surface area (Å²) < 4.78 is 27.8. The molecule has 0 atom stereocenters. The maximum atomic E-state index is 12.1. The third-order valence-electron chi connectivity index (χ3n) is 3.18. The normalized spacial score (nSPS) is 11.6. The third kappa shape index (κ3) is 4.77. The topological polar surface area (TPSA) is 86.5 Å². The van der Waals surface area contributed by atoms with E-state index in [0.717, 1.165) is 5.56 Å². The van der Waals surface area contributed by atoms with Crippen LogP contribution in [0.25, 0.3) is 6.08 Å². The van der Waals surface area contributed by atoms with Crippen LogP contribution in [0.5, 0.6) is 0 Å². The van der Waals surface area contributed by atoms with E-state index in [9.17, 15) is 13.2 Å². The smallest absolute Gasteiger partial charge is 0.338 e. The minimum Gasteiger partial charge on any atom is -0.458 e. The van der Waals surface area contributed by atoms with Crippen LogP contribution in [0.1, 0.15) is 21.5 Å². The van der Waals surface area contributed by atoms with Crippen LogP contribution in [0.2, 0.25) is 0 Å². The predicted octanol–water partition coefficient (Wildman–Crippen LogP) is 2.51. The van der Waals surface area contributed by atoms with Crippen LogP contribution in [0, 0.1) is 6.92 Å². The van der Waals surface area contributed by atoms with E-state index in [1.54, 1.807) is 13.0 Å². The van der Waals surface area contributed by atoms with E-state index in [2.05, 4.69) is 0 Å². The number of aryl methyl sites for hydroxylation is 1. The highest BCUT2D eigenvalue weighted by Gasteiger charge is 2.15. The standard InChI is InChI=1S/C17H17NO4S/c1-13-9-10-15(23(18,20)21)12-16(13)17(19)22-11-5-8-14-6-3-2-4-7-14/h2-10,12H,11H2,1H3,(H2,18,20,21)/b8-5+. The highest BCUT2D eigenvalue weighted by molar-refractivity contribution is 7.89. The van der Waals surface area contributed by atoms with E-state index in [-0.39, 0.29) is 17.1 Å². The molecule has 0 saturated carbocycles. The van der Waals surface area contributed by atoms with Crippen LogP contribution in [-0.2, 0) is 14.8 Å². The van der Waals surface area contributed by atoms with Crippen molar-refractivity contribution >= 4 is 22.1 Å². The predicted molar refractivity (Wildman–Crippen MR) is 88.3 cm³/mol. The highest BCUT2D eigenvalue weighted by Crippen LogP contribution is 2.15. The second-order valence-electron chi connectivity index (χ2n) is 4.93. The average molecular weight is 331 g/mol. The number of benzene rings is 2. The van der Waals surface area contributed by atoms with Gasteiger partial charge in [0.25, 0.3) is 0 Å². The molecule has 0 amide bonds. The van der Waals surface area contributed by atoms with Gasteiger partial charge in [0.1, 0.15) is 6.61 Å². The van der Waals surface area contributed by atoms with Crippen LogP contribution >= 0.6 is 0 Å². The fraction of sp³-hybridized carbons (Fsp3) is 0.118. The van der Waals surface area contributed by atoms with Crippen molar-refractivity contribution in [1.29, 1.82) is 0 Å². The molecule has 0 heterocycles. The van der Waals surface area contributed by atoms with Crippen LogP contribution in [-0.4, -0.2) is 21.0 Å². The molecule has 2 aromatic rings. The zero-order valence-electron chi connectivity index (χ0n) is 12.6. The van der Waals surface area contributed by atoms with Crippen molar-refractivity contribution in [3.63, 3.8) is 0 Å². The van der Waals surface area contributed by atoms with Gasteiger partial charge in [0.05, 0.1) is 10.5 Å². The molecular formula is C17H17NO4S. The van der Waals surface area contributed by atoms with Crippen LogP contribution in [0.15, 0.2) is 59.5 Å². The van der Waals surface area contributed by atoms with Gasteiger partial charge >= 0.3 is 5.97 Å². The summed E-state index contributed by atoms with van der Waals surface area (Å²) in [5, 5.41) is 5.07. The molecule has 0 saturated heterocycles. The molecule has 0 aliphatic heterocycles. The van der Waals surface area contributed by atoms with Gasteiger partial charge in [-0.2, -0.15) is 0 Å². The zero-order valence-corrected chi connectivity index (χ0v) is 13.4. The maximum Gasteiger partial charge on any atom is 0.338 e. The Balaban J connectivity index is 2.05. The number of primary sulfonamides is 1. The van der Waals surface area contributed by atoms with E-state index in [1.807, 2.05) is 36.4 Å². The van der Waals surface area contributed by atoms with Crippen molar-refractivity contribution < 1.29 is 17.9 Å². The molecule has 0 radical (unpaired) electrons. The molecule has 0 unspecified atom stereocenters. The molecule has 0 aliphatic rings. The molecule has 120 valence electrons. The van der Waals surface area contributed by atoms with E-state index >= 15 is 0 Å². The van der Waals surface area contributed by atoms with E-state index in [1.165, 1.54) is 18.2 Å². The fourth-order valence-electron chi connectivity index (χ4n) is 1.95. The molecule has 0 spiro atoms. The quantitative estimate of drug-likeness (QED) is 0.853. The van der Waals surface area contributed by atoms with E-state index in [4.69, 9.17) is 9.88 Å². The Kier molecular flexibility index (Phi) is 5.31. The van der Waals surface area contributed by atoms with Crippen LogP contribution in [0.3, 0.4) is 0 Å². The molecule has 2 rings (SSSR count). The largest absolute Gasteiger partial charge is 0.458 e. The van der Waals surface area contributed by atoms with Gasteiger partial charge in [-0.1, -0.05) is 42.5 Å². The minimum absolute atomic E-state index is 0.0900. The first-order valence-corrected chi connectivity index (χ1v) is 8.45. The van der Waals surface area contributed by atoms with Crippen molar-refractivity contribution in [2.24, 2.45) is 5.14 Å². The Morgan fingerprint density at radius 2 is 1.87 bits per heavy atom. The van der Waals surface area contributed by atoms with Crippen molar-refractivity contribution in [2.45, 2.75) is 11.8 Å². The lowest BCUT2D eigenvalue weighted by atomic mass is 10.1. The highest BCUT2D eigenvalue weighted by atomic mass is 32.2. The lowest BCUT2D eigenvalue weighted by Crippen LogP contribution is -2.14. The Bertz CT molecular complexity index is 827. The number of carbonyl (C=O) groups is 1. The van der Waals surface area contributed by atoms with E-state index in [0.29, 0.717) is 5.56 Å². The average Bonchev–Trinajstić information content (AvgIpc) is 2.51. The van der Waals surface area contributed by atoms with Crippen molar-refractivity contribution in [2.75, 3.05) is 6.61 Å². The first-order chi connectivity index (χ1) is 10.9. The lowest BCUT2D eigenvalue weighted by molar-refractivity contribution is 0.0549. The molecular weight excluding hydrogens is 314 g/mol. The number of esters is 1. The van der Waals surface area contributed by atoms with Crippen molar-refractivity contribution in [3.05, 3.63) is 71.3 Å². The fourth-order valence-corrected chi connectivity index (χ4v) is 2.49. The van der Waals surface area contributed by atoms with Gasteiger partial charge in [0.15, 0.2) is 0 Å². The first-order valence-electron chi connectivity index (χ1n) is 6.90. The molecule has 0 aromatic heterocycles. The second kappa shape index (κ2) is 7.21. The Morgan fingerprint density at radius 3 is 2.52 bits per heavy atom. The van der Waals surface area contributed by atoms with Crippen LogP contribution < -0.4 is 5.14 Å². The number of nitrogens with two attached hydrogens (primary N) is 1. The van der Waals surface area contributed by atoms with Gasteiger partial charge in [-0.15, -0.1) is 0 Å². The number of ether oxygens (including phenoxy) is 1. The molecule has 6 heteroatoms. The third-order valence-corrected chi connectivity index (χ3v) is 4.09. The number of sulfonamides is 1. The van der Waals surface area contributed by atoms with Gasteiger partial charge in [-0.25, -0.2) is 18.4 Å². The van der Waals surface area contributed by atoms with Crippen molar-refractivity contribution in [3.8, 4) is 0 Å². The summed E-state index contributed by atoms with van der Waals surface area (Å²) in [7, 11) is -3.86. The molecule has 5 nitrogen and oxygen atoms in total. The number of hydrogen-bond acceptors (Lipinski definition) is 4. The Hall–Kier alpha value is -2.44. The van der Waals surface area contributed by atoms with Gasteiger partial charge in [-0.3, -0.25) is 0 Å². The molecule has 0 fully saturated rings. The summed E-state index contributed by atoms with van der Waals surface area (Å²) >= 11 is 0. The van der Waals surface area contributed by atoms with Gasteiger partial charge in [-0.05, 0) is 36.3 Å². The summed E-state index contributed by atoms with van der Waals surface area (Å²) in [6.07, 6.45) is 3.55. The lowest BCUT2D eigenvalue weighted by Gasteiger charge is -2.07. The summed E-state index contributed by atoms with van der Waals surface area (Å²) in [5.74, 6) is -0.592. The number of rotatable bonds is 5. The molecule has 2 N–H and O–H groups in total. The second-order valence-corrected chi connectivity index (χ2v) is 6.49. The van der Waals surface area contributed by atoms with Gasteiger partial charge in [0.2, 0.25) is 10.0 Å². The van der Waals surface area contributed by atoms with Gasteiger partial charge < -0.3 is 4.74 Å².